The van der Waals surface area contributed by atoms with Crippen LogP contribution in [-0.2, 0) is 10.0 Å². The molecular formula is C15H25ClN2O2S. The summed E-state index contributed by atoms with van der Waals surface area (Å²) in [5, 5.41) is 0. The van der Waals surface area contributed by atoms with Crippen LogP contribution in [0, 0.1) is 0 Å². The first-order chi connectivity index (χ1) is 9.53. The SMILES string of the molecule is C[C@@H](CN)NS(=O)(=O)c1ccc(C2CCCCC2)cc1.Cl. The summed E-state index contributed by atoms with van der Waals surface area (Å²) in [4.78, 5) is 0.317. The summed E-state index contributed by atoms with van der Waals surface area (Å²) < 4.78 is 26.8. The van der Waals surface area contributed by atoms with Gasteiger partial charge in [-0.15, -0.1) is 12.4 Å². The Balaban J connectivity index is 0.00000220. The third-order valence-electron chi connectivity index (χ3n) is 3.98. The quantitative estimate of drug-likeness (QED) is 0.870. The van der Waals surface area contributed by atoms with E-state index < -0.39 is 10.0 Å². The molecule has 0 bridgehead atoms. The van der Waals surface area contributed by atoms with Crippen LogP contribution in [-0.4, -0.2) is 21.0 Å². The van der Waals surface area contributed by atoms with Gasteiger partial charge in [0, 0.05) is 12.6 Å². The van der Waals surface area contributed by atoms with Crippen LogP contribution in [0.1, 0.15) is 50.5 Å². The van der Waals surface area contributed by atoms with Gasteiger partial charge >= 0.3 is 0 Å². The second kappa shape index (κ2) is 8.13. The second-order valence-electron chi connectivity index (χ2n) is 5.66. The molecule has 6 heteroatoms. The Bertz CT molecular complexity index is 525. The zero-order valence-corrected chi connectivity index (χ0v) is 14.1. The zero-order valence-electron chi connectivity index (χ0n) is 12.4. The molecule has 0 radical (unpaired) electrons. The van der Waals surface area contributed by atoms with Crippen molar-refractivity contribution in [1.29, 1.82) is 0 Å². The first-order valence-corrected chi connectivity index (χ1v) is 8.83. The van der Waals surface area contributed by atoms with E-state index in [9.17, 15) is 8.42 Å². The molecule has 0 aromatic heterocycles. The highest BCUT2D eigenvalue weighted by Crippen LogP contribution is 2.32. The number of nitrogens with one attached hydrogen (secondary N) is 1. The van der Waals surface area contributed by atoms with Gasteiger partial charge in [-0.1, -0.05) is 31.4 Å². The molecule has 1 aromatic rings. The zero-order chi connectivity index (χ0) is 14.6. The average molecular weight is 333 g/mol. The van der Waals surface area contributed by atoms with Crippen molar-refractivity contribution in [2.24, 2.45) is 5.73 Å². The highest BCUT2D eigenvalue weighted by atomic mass is 35.5. The molecular weight excluding hydrogens is 308 g/mol. The summed E-state index contributed by atoms with van der Waals surface area (Å²) >= 11 is 0. The molecule has 2 rings (SSSR count). The molecule has 1 aromatic carbocycles. The molecule has 1 saturated carbocycles. The minimum absolute atomic E-state index is 0. The van der Waals surface area contributed by atoms with Crippen molar-refractivity contribution < 1.29 is 8.42 Å². The average Bonchev–Trinajstić information content (AvgIpc) is 2.48. The first-order valence-electron chi connectivity index (χ1n) is 7.35. The Morgan fingerprint density at radius 2 is 1.76 bits per heavy atom. The molecule has 0 saturated heterocycles. The fourth-order valence-corrected chi connectivity index (χ4v) is 3.99. The van der Waals surface area contributed by atoms with E-state index in [0.29, 0.717) is 17.4 Å². The Kier molecular flexibility index (Phi) is 7.13. The number of hydrogen-bond donors (Lipinski definition) is 2. The van der Waals surface area contributed by atoms with Crippen LogP contribution in [0.25, 0.3) is 0 Å². The normalized spacial score (nSPS) is 18.0. The molecule has 1 aliphatic carbocycles. The lowest BCUT2D eigenvalue weighted by atomic mass is 9.84. The minimum atomic E-state index is -3.45. The van der Waals surface area contributed by atoms with E-state index in [-0.39, 0.29) is 18.4 Å². The highest BCUT2D eigenvalue weighted by Gasteiger charge is 2.19. The molecule has 1 aliphatic rings. The molecule has 0 amide bonds. The van der Waals surface area contributed by atoms with Crippen LogP contribution < -0.4 is 10.5 Å². The third-order valence-corrected chi connectivity index (χ3v) is 5.58. The van der Waals surface area contributed by atoms with Crippen LogP contribution >= 0.6 is 12.4 Å². The molecule has 4 nitrogen and oxygen atoms in total. The van der Waals surface area contributed by atoms with E-state index >= 15 is 0 Å². The molecule has 1 fully saturated rings. The van der Waals surface area contributed by atoms with Gasteiger partial charge in [-0.05, 0) is 43.4 Å². The van der Waals surface area contributed by atoms with E-state index in [1.807, 2.05) is 12.1 Å². The van der Waals surface area contributed by atoms with E-state index in [4.69, 9.17) is 5.73 Å². The Morgan fingerprint density at radius 1 is 1.19 bits per heavy atom. The number of hydrogen-bond acceptors (Lipinski definition) is 3. The predicted molar refractivity (Wildman–Crippen MR) is 88.4 cm³/mol. The Labute approximate surface area is 134 Å². The lowest BCUT2D eigenvalue weighted by molar-refractivity contribution is 0.443. The van der Waals surface area contributed by atoms with Gasteiger partial charge < -0.3 is 5.73 Å². The highest BCUT2D eigenvalue weighted by molar-refractivity contribution is 7.89. The van der Waals surface area contributed by atoms with Gasteiger partial charge in [-0.2, -0.15) is 0 Å². The van der Waals surface area contributed by atoms with Gasteiger partial charge in [0.1, 0.15) is 0 Å². The molecule has 0 aliphatic heterocycles. The number of rotatable bonds is 5. The molecule has 0 unspecified atom stereocenters. The van der Waals surface area contributed by atoms with Gasteiger partial charge in [0.2, 0.25) is 10.0 Å². The molecule has 0 heterocycles. The fourth-order valence-electron chi connectivity index (χ4n) is 2.74. The summed E-state index contributed by atoms with van der Waals surface area (Å²) in [6.07, 6.45) is 6.31. The Hall–Kier alpha value is -0.620. The molecule has 120 valence electrons. The van der Waals surface area contributed by atoms with Crippen LogP contribution in [0.4, 0.5) is 0 Å². The van der Waals surface area contributed by atoms with Crippen molar-refractivity contribution in [3.63, 3.8) is 0 Å². The van der Waals surface area contributed by atoms with Crippen molar-refractivity contribution >= 4 is 22.4 Å². The largest absolute Gasteiger partial charge is 0.329 e. The maximum absolute atomic E-state index is 12.1. The summed E-state index contributed by atoms with van der Waals surface area (Å²) in [6.45, 7) is 2.05. The first kappa shape index (κ1) is 18.4. The van der Waals surface area contributed by atoms with Crippen molar-refractivity contribution in [1.82, 2.24) is 4.72 Å². The fraction of sp³-hybridized carbons (Fsp3) is 0.600. The van der Waals surface area contributed by atoms with Crippen LogP contribution in [0.5, 0.6) is 0 Å². The number of nitrogens with two attached hydrogens (primary N) is 1. The smallest absolute Gasteiger partial charge is 0.240 e. The van der Waals surface area contributed by atoms with E-state index in [1.54, 1.807) is 19.1 Å². The second-order valence-corrected chi connectivity index (χ2v) is 7.38. The van der Waals surface area contributed by atoms with E-state index in [1.165, 1.54) is 37.7 Å². The standard InChI is InChI=1S/C15H24N2O2S.ClH/c1-12(11-16)17-20(18,19)15-9-7-14(8-10-15)13-5-3-2-4-6-13;/h7-10,12-13,17H,2-6,11,16H2,1H3;1H/t12-;/m0./s1. The van der Waals surface area contributed by atoms with Crippen molar-refractivity contribution in [2.45, 2.75) is 55.9 Å². The van der Waals surface area contributed by atoms with E-state index in [0.717, 1.165) is 0 Å². The summed E-state index contributed by atoms with van der Waals surface area (Å²) in [7, 11) is -3.45. The number of sulfonamides is 1. The summed E-state index contributed by atoms with van der Waals surface area (Å²) in [5.41, 5.74) is 6.71. The van der Waals surface area contributed by atoms with Gasteiger partial charge in [-0.3, -0.25) is 0 Å². The third kappa shape index (κ3) is 4.95. The lowest BCUT2D eigenvalue weighted by Gasteiger charge is -2.22. The summed E-state index contributed by atoms with van der Waals surface area (Å²) in [6, 6.07) is 7.07. The Morgan fingerprint density at radius 3 is 2.29 bits per heavy atom. The molecule has 1 atom stereocenters. The number of benzene rings is 1. The van der Waals surface area contributed by atoms with Crippen LogP contribution in [0.3, 0.4) is 0 Å². The monoisotopic (exact) mass is 332 g/mol. The van der Waals surface area contributed by atoms with Gasteiger partial charge in [-0.25, -0.2) is 13.1 Å². The molecule has 0 spiro atoms. The maximum Gasteiger partial charge on any atom is 0.240 e. The van der Waals surface area contributed by atoms with Gasteiger partial charge in [0.05, 0.1) is 4.90 Å². The number of halogens is 1. The maximum atomic E-state index is 12.1. The minimum Gasteiger partial charge on any atom is -0.329 e. The van der Waals surface area contributed by atoms with E-state index in [2.05, 4.69) is 4.72 Å². The van der Waals surface area contributed by atoms with Gasteiger partial charge in [0.25, 0.3) is 0 Å². The van der Waals surface area contributed by atoms with Crippen LogP contribution in [0.2, 0.25) is 0 Å². The molecule has 21 heavy (non-hydrogen) atoms. The lowest BCUT2D eigenvalue weighted by Crippen LogP contribution is -2.37. The van der Waals surface area contributed by atoms with Crippen molar-refractivity contribution in [3.05, 3.63) is 29.8 Å². The van der Waals surface area contributed by atoms with Crippen molar-refractivity contribution in [2.75, 3.05) is 6.54 Å². The topological polar surface area (TPSA) is 72.2 Å². The van der Waals surface area contributed by atoms with Crippen LogP contribution in [0.15, 0.2) is 29.2 Å². The molecule has 3 N–H and O–H groups in total. The van der Waals surface area contributed by atoms with Gasteiger partial charge in [0.15, 0.2) is 0 Å². The predicted octanol–water partition coefficient (Wildman–Crippen LogP) is 2.78. The summed E-state index contributed by atoms with van der Waals surface area (Å²) in [5.74, 6) is 0.594. The van der Waals surface area contributed by atoms with Crippen molar-refractivity contribution in [3.8, 4) is 0 Å².